The topological polar surface area (TPSA) is 120 Å². The van der Waals surface area contributed by atoms with E-state index >= 15 is 0 Å². The molecule has 0 unspecified atom stereocenters. The van der Waals surface area contributed by atoms with Crippen molar-refractivity contribution in [3.05, 3.63) is 66.0 Å². The van der Waals surface area contributed by atoms with Crippen LogP contribution in [0.15, 0.2) is 54.7 Å². The number of nitrogens with zero attached hydrogens (tertiary/aromatic N) is 3. The highest BCUT2D eigenvalue weighted by atomic mass is 19.4. The Morgan fingerprint density at radius 3 is 1.88 bits per heavy atom. The number of benzene rings is 1. The number of rotatable bonds is 4. The van der Waals surface area contributed by atoms with Crippen LogP contribution in [0.4, 0.5) is 26.3 Å². The highest BCUT2D eigenvalue weighted by molar-refractivity contribution is 5.79. The number of likely N-dealkylation sites (tertiary alicyclic amines) is 1. The molecule has 0 aliphatic carbocycles. The highest BCUT2D eigenvalue weighted by Gasteiger charge is 2.41. The lowest BCUT2D eigenvalue weighted by Gasteiger charge is -2.47. The molecule has 2 N–H and O–H groups in total. The molecule has 4 rings (SSSR count). The van der Waals surface area contributed by atoms with Crippen LogP contribution in [0.2, 0.25) is 0 Å². The fourth-order valence-corrected chi connectivity index (χ4v) is 4.08. The number of alkyl halides is 6. The molecule has 0 bridgehead atoms. The Balaban J connectivity index is 0.000000349. The molecule has 3 heterocycles. The average molecular weight is 594 g/mol. The summed E-state index contributed by atoms with van der Waals surface area (Å²) in [6.45, 7) is 4.91. The number of morpholine rings is 1. The van der Waals surface area contributed by atoms with Crippen LogP contribution in [0.1, 0.15) is 24.1 Å². The number of aliphatic carboxylic acids is 2. The molecule has 226 valence electrons. The van der Waals surface area contributed by atoms with Gasteiger partial charge in [0.15, 0.2) is 0 Å². The van der Waals surface area contributed by atoms with Crippen molar-refractivity contribution >= 4 is 17.8 Å². The SMILES string of the molecule is O=C(Cc1ccccc1)N1CCOC2(CCN(Cc3ccccn3)CC2)C1.O=C(O)C(F)(F)F.O=C(O)C(F)(F)F. The average Bonchev–Trinajstić information content (AvgIpc) is 2.91. The summed E-state index contributed by atoms with van der Waals surface area (Å²) in [7, 11) is 0. The fraction of sp³-hybridized carbons (Fsp3) is 0.462. The summed E-state index contributed by atoms with van der Waals surface area (Å²) in [5.41, 5.74) is 2.01. The maximum absolute atomic E-state index is 12.8. The zero-order valence-corrected chi connectivity index (χ0v) is 21.7. The van der Waals surface area contributed by atoms with Crippen molar-refractivity contribution in [2.24, 2.45) is 0 Å². The molecule has 1 aromatic carbocycles. The van der Waals surface area contributed by atoms with E-state index in [2.05, 4.69) is 16.0 Å². The van der Waals surface area contributed by atoms with Crippen molar-refractivity contribution in [3.8, 4) is 0 Å². The molecule has 2 aliphatic rings. The highest BCUT2D eigenvalue weighted by Crippen LogP contribution is 2.31. The number of carboxylic acid groups (broad SMARTS) is 2. The van der Waals surface area contributed by atoms with E-state index < -0.39 is 24.3 Å². The van der Waals surface area contributed by atoms with Gasteiger partial charge in [-0.3, -0.25) is 14.7 Å². The van der Waals surface area contributed by atoms with E-state index in [1.54, 1.807) is 0 Å². The number of carbonyl (C=O) groups excluding carboxylic acids is 1. The Labute approximate surface area is 231 Å². The molecule has 2 saturated heterocycles. The Morgan fingerprint density at radius 2 is 1.39 bits per heavy atom. The third kappa shape index (κ3) is 11.7. The smallest absolute Gasteiger partial charge is 0.475 e. The molecular formula is C26H29F6N3O6. The van der Waals surface area contributed by atoms with Crippen LogP contribution in [0.25, 0.3) is 0 Å². The van der Waals surface area contributed by atoms with Crippen LogP contribution in [-0.4, -0.2) is 93.6 Å². The first-order chi connectivity index (χ1) is 19.1. The largest absolute Gasteiger partial charge is 0.490 e. The zero-order valence-electron chi connectivity index (χ0n) is 21.7. The maximum atomic E-state index is 12.8. The van der Waals surface area contributed by atoms with E-state index in [9.17, 15) is 31.1 Å². The molecule has 9 nitrogen and oxygen atoms in total. The number of carboxylic acids is 2. The Bertz CT molecular complexity index is 1100. The first kappa shape index (κ1) is 33.5. The molecule has 0 radical (unpaired) electrons. The number of hydrogen-bond acceptors (Lipinski definition) is 6. The number of pyridine rings is 1. The van der Waals surface area contributed by atoms with Crippen molar-refractivity contribution in [1.82, 2.24) is 14.8 Å². The molecule has 0 atom stereocenters. The van der Waals surface area contributed by atoms with E-state index in [0.717, 1.165) is 50.3 Å². The van der Waals surface area contributed by atoms with Gasteiger partial charge in [-0.2, -0.15) is 26.3 Å². The molecule has 15 heteroatoms. The van der Waals surface area contributed by atoms with E-state index in [-0.39, 0.29) is 11.5 Å². The number of amides is 1. The van der Waals surface area contributed by atoms with Gasteiger partial charge in [0.2, 0.25) is 5.91 Å². The zero-order chi connectivity index (χ0) is 30.7. The lowest BCUT2D eigenvalue weighted by molar-refractivity contribution is -0.193. The van der Waals surface area contributed by atoms with Gasteiger partial charge in [0, 0.05) is 38.9 Å². The Kier molecular flexibility index (Phi) is 12.1. The molecule has 1 spiro atoms. The van der Waals surface area contributed by atoms with Gasteiger partial charge in [0.05, 0.1) is 24.3 Å². The molecule has 1 aromatic heterocycles. The van der Waals surface area contributed by atoms with Gasteiger partial charge in [-0.25, -0.2) is 9.59 Å². The van der Waals surface area contributed by atoms with Gasteiger partial charge >= 0.3 is 24.3 Å². The van der Waals surface area contributed by atoms with Crippen molar-refractivity contribution in [1.29, 1.82) is 0 Å². The van der Waals surface area contributed by atoms with Gasteiger partial charge in [0.25, 0.3) is 0 Å². The molecule has 41 heavy (non-hydrogen) atoms. The summed E-state index contributed by atoms with van der Waals surface area (Å²) < 4.78 is 69.7. The predicted molar refractivity (Wildman–Crippen MR) is 132 cm³/mol. The number of hydrogen-bond donors (Lipinski definition) is 2. The lowest BCUT2D eigenvalue weighted by atomic mass is 9.89. The molecule has 0 saturated carbocycles. The Hall–Kier alpha value is -3.72. The van der Waals surface area contributed by atoms with E-state index in [0.29, 0.717) is 19.6 Å². The van der Waals surface area contributed by atoms with E-state index in [1.807, 2.05) is 53.6 Å². The summed E-state index contributed by atoms with van der Waals surface area (Å²) in [5.74, 6) is -5.31. The molecule has 2 aromatic rings. The number of halogens is 6. The van der Waals surface area contributed by atoms with Crippen LogP contribution in [0, 0.1) is 0 Å². The second-order valence-electron chi connectivity index (χ2n) is 9.21. The number of aromatic nitrogens is 1. The van der Waals surface area contributed by atoms with Crippen LogP contribution >= 0.6 is 0 Å². The second-order valence-corrected chi connectivity index (χ2v) is 9.21. The molecular weight excluding hydrogens is 564 g/mol. The van der Waals surface area contributed by atoms with Crippen molar-refractivity contribution in [2.75, 3.05) is 32.8 Å². The van der Waals surface area contributed by atoms with Crippen LogP contribution in [0.3, 0.4) is 0 Å². The first-order valence-electron chi connectivity index (χ1n) is 12.3. The van der Waals surface area contributed by atoms with Gasteiger partial charge in [-0.05, 0) is 30.5 Å². The summed E-state index contributed by atoms with van der Waals surface area (Å²) in [4.78, 5) is 39.4. The lowest BCUT2D eigenvalue weighted by Crippen LogP contribution is -2.58. The number of piperidine rings is 1. The Morgan fingerprint density at radius 1 is 0.854 bits per heavy atom. The summed E-state index contributed by atoms with van der Waals surface area (Å²) in [5, 5.41) is 14.2. The number of ether oxygens (including phenoxy) is 1. The quantitative estimate of drug-likeness (QED) is 0.514. The van der Waals surface area contributed by atoms with Crippen LogP contribution < -0.4 is 0 Å². The third-order valence-electron chi connectivity index (χ3n) is 6.16. The predicted octanol–water partition coefficient (Wildman–Crippen LogP) is 3.78. The standard InChI is InChI=1S/C22H27N3O2.2C2HF3O2/c26-21(16-19-6-2-1-3-7-19)25-14-15-27-22(18-25)9-12-24(13-10-22)17-20-8-4-5-11-23-20;2*3-2(4,5)1(6)7/h1-8,11H,9-10,12-18H2;2*(H,6,7). The molecule has 2 fully saturated rings. The summed E-state index contributed by atoms with van der Waals surface area (Å²) in [6.07, 6.45) is -5.91. The minimum atomic E-state index is -5.08. The molecule has 1 amide bonds. The van der Waals surface area contributed by atoms with Gasteiger partial charge < -0.3 is 19.8 Å². The van der Waals surface area contributed by atoms with Crippen molar-refractivity contribution in [2.45, 2.75) is 43.8 Å². The third-order valence-corrected chi connectivity index (χ3v) is 6.16. The minimum Gasteiger partial charge on any atom is -0.475 e. The fourth-order valence-electron chi connectivity index (χ4n) is 4.08. The van der Waals surface area contributed by atoms with Crippen LogP contribution in [0.5, 0.6) is 0 Å². The summed E-state index contributed by atoms with van der Waals surface area (Å²) >= 11 is 0. The molecule has 2 aliphatic heterocycles. The normalized spacial score (nSPS) is 17.0. The van der Waals surface area contributed by atoms with Gasteiger partial charge in [0.1, 0.15) is 0 Å². The van der Waals surface area contributed by atoms with E-state index in [4.69, 9.17) is 24.5 Å². The monoisotopic (exact) mass is 593 g/mol. The van der Waals surface area contributed by atoms with Gasteiger partial charge in [-0.15, -0.1) is 0 Å². The van der Waals surface area contributed by atoms with Crippen molar-refractivity contribution in [3.63, 3.8) is 0 Å². The van der Waals surface area contributed by atoms with Crippen LogP contribution in [-0.2, 0) is 32.1 Å². The maximum Gasteiger partial charge on any atom is 0.490 e. The minimum absolute atomic E-state index is 0.175. The van der Waals surface area contributed by atoms with Crippen molar-refractivity contribution < 1.29 is 55.7 Å². The second kappa shape index (κ2) is 14.8. The van der Waals surface area contributed by atoms with Gasteiger partial charge in [-0.1, -0.05) is 36.4 Å². The summed E-state index contributed by atoms with van der Waals surface area (Å²) in [6, 6.07) is 16.1. The van der Waals surface area contributed by atoms with E-state index in [1.165, 1.54) is 0 Å². The first-order valence-corrected chi connectivity index (χ1v) is 12.3. The number of carbonyl (C=O) groups is 3.